The van der Waals surface area contributed by atoms with Crippen LogP contribution in [0.15, 0.2) is 24.5 Å². The third-order valence-electron chi connectivity index (χ3n) is 2.61. The highest BCUT2D eigenvalue weighted by atomic mass is 16.2. The lowest BCUT2D eigenvalue weighted by Gasteiger charge is -2.10. The molecule has 0 aliphatic carbocycles. The standard InChI is InChI=1S/C12H14N6O2/c1-17(2)12(20)9-5-7(3-4-15-9)18-6-8(13)10(16-18)11(14)19/h3-6H,13H2,1-2H3,(H2,14,19). The SMILES string of the molecule is CN(C)C(=O)c1cc(-n2cc(N)c(C(N)=O)n2)ccn1. The maximum absolute atomic E-state index is 11.8. The number of hydrogen-bond acceptors (Lipinski definition) is 5. The number of aromatic nitrogens is 3. The van der Waals surface area contributed by atoms with E-state index in [1.165, 1.54) is 22.0 Å². The molecule has 2 aromatic heterocycles. The van der Waals surface area contributed by atoms with Crippen LogP contribution in [0.4, 0.5) is 5.69 Å². The lowest BCUT2D eigenvalue weighted by molar-refractivity contribution is 0.0821. The highest BCUT2D eigenvalue weighted by Gasteiger charge is 2.14. The van der Waals surface area contributed by atoms with Crippen LogP contribution < -0.4 is 11.5 Å². The second-order valence-corrected chi connectivity index (χ2v) is 4.34. The summed E-state index contributed by atoms with van der Waals surface area (Å²) in [5.41, 5.74) is 11.8. The van der Waals surface area contributed by atoms with Crippen molar-refractivity contribution in [2.75, 3.05) is 19.8 Å². The van der Waals surface area contributed by atoms with Gasteiger partial charge in [0, 0.05) is 20.3 Å². The molecule has 2 rings (SSSR count). The summed E-state index contributed by atoms with van der Waals surface area (Å²) in [6, 6.07) is 3.20. The second kappa shape index (κ2) is 5.00. The predicted molar refractivity (Wildman–Crippen MR) is 72.3 cm³/mol. The Hall–Kier alpha value is -2.90. The Bertz CT molecular complexity index is 676. The second-order valence-electron chi connectivity index (χ2n) is 4.34. The van der Waals surface area contributed by atoms with Crippen molar-refractivity contribution >= 4 is 17.5 Å². The van der Waals surface area contributed by atoms with E-state index in [2.05, 4.69) is 10.1 Å². The molecule has 4 N–H and O–H groups in total. The first-order chi connectivity index (χ1) is 9.40. The molecule has 104 valence electrons. The number of rotatable bonds is 3. The first-order valence-corrected chi connectivity index (χ1v) is 5.73. The molecule has 0 spiro atoms. The van der Waals surface area contributed by atoms with Crippen molar-refractivity contribution in [1.29, 1.82) is 0 Å². The molecular formula is C12H14N6O2. The number of primary amides is 1. The Morgan fingerprint density at radius 1 is 1.35 bits per heavy atom. The smallest absolute Gasteiger partial charge is 0.272 e. The molecule has 0 aromatic carbocycles. The van der Waals surface area contributed by atoms with Gasteiger partial charge in [0.05, 0.1) is 17.6 Å². The van der Waals surface area contributed by atoms with Crippen molar-refractivity contribution in [1.82, 2.24) is 19.7 Å². The van der Waals surface area contributed by atoms with Crippen LogP contribution in [-0.4, -0.2) is 45.6 Å². The predicted octanol–water partition coefficient (Wildman–Crippen LogP) is -0.350. The summed E-state index contributed by atoms with van der Waals surface area (Å²) in [6.45, 7) is 0. The third kappa shape index (κ3) is 2.44. The number of anilines is 1. The van der Waals surface area contributed by atoms with Crippen LogP contribution in [0.1, 0.15) is 21.0 Å². The average Bonchev–Trinajstić information content (AvgIpc) is 2.80. The highest BCUT2D eigenvalue weighted by Crippen LogP contribution is 2.14. The fraction of sp³-hybridized carbons (Fsp3) is 0.167. The minimum atomic E-state index is -0.708. The topological polar surface area (TPSA) is 120 Å². The van der Waals surface area contributed by atoms with Crippen LogP contribution in [-0.2, 0) is 0 Å². The van der Waals surface area contributed by atoms with Crippen LogP contribution in [0, 0.1) is 0 Å². The van der Waals surface area contributed by atoms with Gasteiger partial charge < -0.3 is 16.4 Å². The quantitative estimate of drug-likeness (QED) is 0.792. The van der Waals surface area contributed by atoms with Crippen LogP contribution >= 0.6 is 0 Å². The summed E-state index contributed by atoms with van der Waals surface area (Å²) in [4.78, 5) is 28.4. The van der Waals surface area contributed by atoms with E-state index in [1.54, 1.807) is 26.2 Å². The summed E-state index contributed by atoms with van der Waals surface area (Å²) in [6.07, 6.45) is 2.94. The molecule has 2 heterocycles. The van der Waals surface area contributed by atoms with Crippen molar-refractivity contribution < 1.29 is 9.59 Å². The van der Waals surface area contributed by atoms with E-state index >= 15 is 0 Å². The normalized spacial score (nSPS) is 10.3. The molecule has 2 aromatic rings. The number of carbonyl (C=O) groups is 2. The molecule has 8 heteroatoms. The van der Waals surface area contributed by atoms with E-state index in [-0.39, 0.29) is 23.0 Å². The van der Waals surface area contributed by atoms with Gasteiger partial charge in [-0.1, -0.05) is 0 Å². The Morgan fingerprint density at radius 3 is 2.60 bits per heavy atom. The zero-order valence-electron chi connectivity index (χ0n) is 11.1. The maximum Gasteiger partial charge on any atom is 0.272 e. The molecule has 0 radical (unpaired) electrons. The Kier molecular flexibility index (Phi) is 3.38. The van der Waals surface area contributed by atoms with E-state index in [9.17, 15) is 9.59 Å². The van der Waals surface area contributed by atoms with Gasteiger partial charge in [-0.05, 0) is 12.1 Å². The lowest BCUT2D eigenvalue weighted by Crippen LogP contribution is -2.22. The van der Waals surface area contributed by atoms with Gasteiger partial charge in [-0.25, -0.2) is 4.68 Å². The minimum Gasteiger partial charge on any atom is -0.396 e. The molecular weight excluding hydrogens is 260 g/mol. The first kappa shape index (κ1) is 13.5. The van der Waals surface area contributed by atoms with Gasteiger partial charge in [-0.2, -0.15) is 5.10 Å². The summed E-state index contributed by atoms with van der Waals surface area (Å²) in [5.74, 6) is -0.943. The minimum absolute atomic E-state index is 0.0118. The maximum atomic E-state index is 11.8. The Balaban J connectivity index is 2.44. The van der Waals surface area contributed by atoms with Gasteiger partial charge in [0.25, 0.3) is 11.8 Å². The highest BCUT2D eigenvalue weighted by molar-refractivity contribution is 5.96. The molecule has 0 aliphatic heterocycles. The fourth-order valence-electron chi connectivity index (χ4n) is 1.62. The molecule has 0 saturated heterocycles. The van der Waals surface area contributed by atoms with Crippen LogP contribution in [0.25, 0.3) is 5.69 Å². The molecule has 20 heavy (non-hydrogen) atoms. The van der Waals surface area contributed by atoms with E-state index in [0.717, 1.165) is 0 Å². The fourth-order valence-corrected chi connectivity index (χ4v) is 1.62. The van der Waals surface area contributed by atoms with Gasteiger partial charge in [0.15, 0.2) is 5.69 Å². The van der Waals surface area contributed by atoms with Crippen LogP contribution in [0.2, 0.25) is 0 Å². The number of pyridine rings is 1. The molecule has 0 saturated carbocycles. The number of carbonyl (C=O) groups excluding carboxylic acids is 2. The molecule has 8 nitrogen and oxygen atoms in total. The van der Waals surface area contributed by atoms with Gasteiger partial charge in [0.2, 0.25) is 0 Å². The molecule has 0 bridgehead atoms. The lowest BCUT2D eigenvalue weighted by atomic mass is 10.3. The summed E-state index contributed by atoms with van der Waals surface area (Å²) in [5, 5.41) is 3.99. The van der Waals surface area contributed by atoms with Gasteiger partial charge >= 0.3 is 0 Å². The number of hydrogen-bond donors (Lipinski definition) is 2. The molecule has 0 fully saturated rings. The monoisotopic (exact) mass is 274 g/mol. The van der Waals surface area contributed by atoms with Crippen molar-refractivity contribution in [2.45, 2.75) is 0 Å². The molecule has 0 atom stereocenters. The molecule has 0 aliphatic rings. The van der Waals surface area contributed by atoms with Gasteiger partial charge in [-0.15, -0.1) is 0 Å². The van der Waals surface area contributed by atoms with Crippen molar-refractivity contribution in [3.63, 3.8) is 0 Å². The van der Waals surface area contributed by atoms with Gasteiger partial charge in [-0.3, -0.25) is 14.6 Å². The van der Waals surface area contributed by atoms with E-state index in [4.69, 9.17) is 11.5 Å². The van der Waals surface area contributed by atoms with Crippen molar-refractivity contribution in [3.8, 4) is 5.69 Å². The third-order valence-corrected chi connectivity index (χ3v) is 2.61. The number of nitrogens with two attached hydrogens (primary N) is 2. The number of amides is 2. The zero-order valence-corrected chi connectivity index (χ0v) is 11.1. The van der Waals surface area contributed by atoms with E-state index in [0.29, 0.717) is 5.69 Å². The van der Waals surface area contributed by atoms with E-state index < -0.39 is 5.91 Å². The summed E-state index contributed by atoms with van der Waals surface area (Å²) >= 11 is 0. The Morgan fingerprint density at radius 2 is 2.05 bits per heavy atom. The zero-order chi connectivity index (χ0) is 14.9. The van der Waals surface area contributed by atoms with Crippen molar-refractivity contribution in [2.24, 2.45) is 5.73 Å². The van der Waals surface area contributed by atoms with E-state index in [1.807, 2.05) is 0 Å². The number of nitrogen functional groups attached to an aromatic ring is 1. The van der Waals surface area contributed by atoms with Crippen molar-refractivity contribution in [3.05, 3.63) is 35.9 Å². The van der Waals surface area contributed by atoms with Crippen LogP contribution in [0.5, 0.6) is 0 Å². The van der Waals surface area contributed by atoms with Crippen LogP contribution in [0.3, 0.4) is 0 Å². The first-order valence-electron chi connectivity index (χ1n) is 5.73. The molecule has 0 unspecified atom stereocenters. The molecule has 2 amide bonds. The average molecular weight is 274 g/mol. The largest absolute Gasteiger partial charge is 0.396 e. The number of nitrogens with zero attached hydrogens (tertiary/aromatic N) is 4. The Labute approximate surface area is 115 Å². The summed E-state index contributed by atoms with van der Waals surface area (Å²) in [7, 11) is 3.27. The summed E-state index contributed by atoms with van der Waals surface area (Å²) < 4.78 is 1.38. The van der Waals surface area contributed by atoms with Gasteiger partial charge in [0.1, 0.15) is 5.69 Å².